The second-order valence-corrected chi connectivity index (χ2v) is 10.0. The minimum atomic E-state index is 0.203. The molecule has 4 rings (SSSR count). The summed E-state index contributed by atoms with van der Waals surface area (Å²) in [5.41, 5.74) is 3.26. The highest BCUT2D eigenvalue weighted by atomic mass is 32.1. The molecule has 0 saturated carbocycles. The van der Waals surface area contributed by atoms with Crippen molar-refractivity contribution in [3.63, 3.8) is 0 Å². The lowest BCUT2D eigenvalue weighted by molar-refractivity contribution is -0.130. The number of fused-ring (bicyclic) bond motifs is 2. The second kappa shape index (κ2) is 7.97. The summed E-state index contributed by atoms with van der Waals surface area (Å²) < 4.78 is 0. The Kier molecular flexibility index (Phi) is 5.59. The zero-order valence-electron chi connectivity index (χ0n) is 17.3. The fraction of sp³-hybridized carbons (Fsp3) is 0.522. The Labute approximate surface area is 172 Å². The predicted molar refractivity (Wildman–Crippen MR) is 116 cm³/mol. The van der Waals surface area contributed by atoms with Crippen LogP contribution in [0.25, 0.3) is 0 Å². The Bertz CT molecular complexity index is 836. The Balaban J connectivity index is 1.51. The van der Waals surface area contributed by atoms with Crippen LogP contribution in [-0.4, -0.2) is 60.9 Å². The summed E-state index contributed by atoms with van der Waals surface area (Å²) >= 11 is 1.92. The number of likely N-dealkylation sites (N-methyl/N-ethyl adjacent to an activating group) is 1. The van der Waals surface area contributed by atoms with Crippen molar-refractivity contribution in [2.45, 2.75) is 38.3 Å². The molecule has 0 bridgehead atoms. The van der Waals surface area contributed by atoms with Gasteiger partial charge in [-0.15, -0.1) is 11.3 Å². The summed E-state index contributed by atoms with van der Waals surface area (Å²) in [4.78, 5) is 21.6. The van der Waals surface area contributed by atoms with Crippen molar-refractivity contribution < 1.29 is 4.79 Å². The third-order valence-electron chi connectivity index (χ3n) is 6.36. The maximum absolute atomic E-state index is 12.1. The number of nitrogens with zero attached hydrogens (tertiary/aromatic N) is 3. The molecule has 2 aliphatic rings. The molecule has 2 aromatic rings. The quantitative estimate of drug-likeness (QED) is 0.790. The lowest BCUT2D eigenvalue weighted by atomic mass is 9.69. The number of amides is 1. The van der Waals surface area contributed by atoms with Crippen LogP contribution in [0.15, 0.2) is 36.4 Å². The van der Waals surface area contributed by atoms with Gasteiger partial charge in [-0.25, -0.2) is 0 Å². The normalized spacial score (nSPS) is 19.5. The van der Waals surface area contributed by atoms with E-state index in [-0.39, 0.29) is 11.3 Å². The number of piperidine rings is 1. The zero-order chi connectivity index (χ0) is 19.7. The van der Waals surface area contributed by atoms with Crippen molar-refractivity contribution >= 4 is 17.2 Å². The topological polar surface area (TPSA) is 26.8 Å². The number of carbonyl (C=O) groups excluding carboxylic acids is 1. The molecular weight excluding hydrogens is 366 g/mol. The van der Waals surface area contributed by atoms with Gasteiger partial charge >= 0.3 is 0 Å². The van der Waals surface area contributed by atoms with Crippen LogP contribution in [0.2, 0.25) is 0 Å². The van der Waals surface area contributed by atoms with Gasteiger partial charge in [0, 0.05) is 48.9 Å². The molecule has 2 aliphatic heterocycles. The maximum Gasteiger partial charge on any atom is 0.236 e. The first-order valence-corrected chi connectivity index (χ1v) is 11.1. The van der Waals surface area contributed by atoms with Gasteiger partial charge in [0.25, 0.3) is 0 Å². The van der Waals surface area contributed by atoms with E-state index in [1.807, 2.05) is 25.4 Å². The number of thiophene rings is 1. The molecule has 5 heteroatoms. The van der Waals surface area contributed by atoms with Gasteiger partial charge in [0.1, 0.15) is 0 Å². The summed E-state index contributed by atoms with van der Waals surface area (Å²) in [6.45, 7) is 7.93. The van der Waals surface area contributed by atoms with Crippen LogP contribution in [0.5, 0.6) is 0 Å². The van der Waals surface area contributed by atoms with E-state index in [1.165, 1.54) is 15.3 Å². The summed E-state index contributed by atoms with van der Waals surface area (Å²) in [6, 6.07) is 13.5. The van der Waals surface area contributed by atoms with Gasteiger partial charge in [-0.2, -0.15) is 0 Å². The van der Waals surface area contributed by atoms with Gasteiger partial charge in [0.15, 0.2) is 0 Å². The molecule has 1 aromatic carbocycles. The first-order chi connectivity index (χ1) is 13.4. The van der Waals surface area contributed by atoms with Crippen molar-refractivity contribution in [3.05, 3.63) is 57.3 Å². The predicted octanol–water partition coefficient (Wildman–Crippen LogP) is 3.49. The van der Waals surface area contributed by atoms with Crippen molar-refractivity contribution in [2.24, 2.45) is 0 Å². The van der Waals surface area contributed by atoms with Crippen LogP contribution in [0.3, 0.4) is 0 Å². The highest BCUT2D eigenvalue weighted by Gasteiger charge is 2.42. The molecule has 1 amide bonds. The molecule has 1 spiro atoms. The molecule has 4 nitrogen and oxygen atoms in total. The van der Waals surface area contributed by atoms with E-state index >= 15 is 0 Å². The molecule has 1 aromatic heterocycles. The standard InChI is InChI=1S/C23H31N3OS/c1-18-8-9-20(28-18)15-26-14-19-6-4-5-7-21(19)23(17-26)10-12-25(13-11-23)16-22(27)24(2)3/h4-9H,10-17H2,1-3H3. The SMILES string of the molecule is Cc1ccc(CN2Cc3ccccc3C3(CCN(CC(=O)N(C)C)CC3)C2)s1. The maximum atomic E-state index is 12.1. The van der Waals surface area contributed by atoms with Crippen LogP contribution >= 0.6 is 11.3 Å². The molecule has 0 N–H and O–H groups in total. The number of rotatable bonds is 4. The van der Waals surface area contributed by atoms with Crippen molar-refractivity contribution in [1.29, 1.82) is 0 Å². The molecule has 150 valence electrons. The van der Waals surface area contributed by atoms with Crippen LogP contribution in [0.1, 0.15) is 33.7 Å². The number of aryl methyl sites for hydroxylation is 1. The number of likely N-dealkylation sites (tertiary alicyclic amines) is 1. The Morgan fingerprint density at radius 1 is 1.11 bits per heavy atom. The third kappa shape index (κ3) is 4.02. The van der Waals surface area contributed by atoms with E-state index in [4.69, 9.17) is 0 Å². The Morgan fingerprint density at radius 3 is 2.54 bits per heavy atom. The Hall–Kier alpha value is -1.69. The Morgan fingerprint density at radius 2 is 1.86 bits per heavy atom. The van der Waals surface area contributed by atoms with E-state index < -0.39 is 0 Å². The highest BCUT2D eigenvalue weighted by Crippen LogP contribution is 2.42. The first kappa shape index (κ1) is 19.6. The van der Waals surface area contributed by atoms with Gasteiger partial charge in [-0.05, 0) is 56.1 Å². The van der Waals surface area contributed by atoms with Crippen LogP contribution < -0.4 is 0 Å². The average Bonchev–Trinajstić information content (AvgIpc) is 3.08. The first-order valence-electron chi connectivity index (χ1n) is 10.2. The molecule has 28 heavy (non-hydrogen) atoms. The van der Waals surface area contributed by atoms with Crippen molar-refractivity contribution in [1.82, 2.24) is 14.7 Å². The second-order valence-electron chi connectivity index (χ2n) is 8.66. The minimum Gasteiger partial charge on any atom is -0.348 e. The lowest BCUT2D eigenvalue weighted by Crippen LogP contribution is -2.52. The fourth-order valence-electron chi connectivity index (χ4n) is 4.79. The molecule has 0 atom stereocenters. The van der Waals surface area contributed by atoms with E-state index in [2.05, 4.69) is 53.1 Å². The summed E-state index contributed by atoms with van der Waals surface area (Å²) in [7, 11) is 3.69. The van der Waals surface area contributed by atoms with E-state index in [0.717, 1.165) is 45.6 Å². The number of hydrogen-bond donors (Lipinski definition) is 0. The molecule has 0 unspecified atom stereocenters. The van der Waals surface area contributed by atoms with E-state index in [1.54, 1.807) is 10.5 Å². The van der Waals surface area contributed by atoms with Gasteiger partial charge in [-0.1, -0.05) is 24.3 Å². The molecular formula is C23H31N3OS. The van der Waals surface area contributed by atoms with Crippen LogP contribution in [-0.2, 0) is 23.3 Å². The lowest BCUT2D eigenvalue weighted by Gasteiger charge is -2.48. The van der Waals surface area contributed by atoms with Crippen LogP contribution in [0.4, 0.5) is 0 Å². The largest absolute Gasteiger partial charge is 0.348 e. The molecule has 0 aliphatic carbocycles. The smallest absolute Gasteiger partial charge is 0.236 e. The van der Waals surface area contributed by atoms with Gasteiger partial charge in [0.05, 0.1) is 6.54 Å². The fourth-order valence-corrected chi connectivity index (χ4v) is 5.72. The minimum absolute atomic E-state index is 0.203. The number of hydrogen-bond acceptors (Lipinski definition) is 4. The van der Waals surface area contributed by atoms with Crippen molar-refractivity contribution in [2.75, 3.05) is 40.3 Å². The molecule has 0 radical (unpaired) electrons. The van der Waals surface area contributed by atoms with E-state index in [9.17, 15) is 4.79 Å². The molecule has 3 heterocycles. The third-order valence-corrected chi connectivity index (χ3v) is 7.34. The van der Waals surface area contributed by atoms with E-state index in [0.29, 0.717) is 6.54 Å². The van der Waals surface area contributed by atoms with Gasteiger partial charge in [0.2, 0.25) is 5.91 Å². The highest BCUT2D eigenvalue weighted by molar-refractivity contribution is 7.11. The van der Waals surface area contributed by atoms with Gasteiger partial charge in [-0.3, -0.25) is 14.6 Å². The summed E-state index contributed by atoms with van der Waals surface area (Å²) in [5, 5.41) is 0. The zero-order valence-corrected chi connectivity index (χ0v) is 18.1. The number of benzene rings is 1. The summed E-state index contributed by atoms with van der Waals surface area (Å²) in [6.07, 6.45) is 2.26. The number of carbonyl (C=O) groups is 1. The van der Waals surface area contributed by atoms with Gasteiger partial charge < -0.3 is 4.90 Å². The average molecular weight is 398 g/mol. The monoisotopic (exact) mass is 397 g/mol. The molecule has 1 fully saturated rings. The molecule has 1 saturated heterocycles. The van der Waals surface area contributed by atoms with Crippen LogP contribution in [0, 0.1) is 6.92 Å². The summed E-state index contributed by atoms with van der Waals surface area (Å²) in [5.74, 6) is 0.203. The van der Waals surface area contributed by atoms with Crippen molar-refractivity contribution in [3.8, 4) is 0 Å².